The van der Waals surface area contributed by atoms with Crippen LogP contribution in [0.5, 0.6) is 0 Å². The largest absolute Gasteiger partial charge is 0.335 e. The number of hydrogen-bond donors (Lipinski definition) is 2. The number of amides is 1. The van der Waals surface area contributed by atoms with Gasteiger partial charge in [0.25, 0.3) is 0 Å². The molecule has 0 bridgehead atoms. The molecule has 2 heterocycles. The Labute approximate surface area is 159 Å². The number of nitrogens with zero attached hydrogens (tertiary/aromatic N) is 4. The van der Waals surface area contributed by atoms with Crippen molar-refractivity contribution in [3.05, 3.63) is 53.2 Å². The van der Waals surface area contributed by atoms with E-state index < -0.39 is 5.25 Å². The number of pyridine rings is 1. The van der Waals surface area contributed by atoms with Crippen LogP contribution in [-0.2, 0) is 4.79 Å². The molecule has 0 saturated carbocycles. The number of aryl methyl sites for hydroxylation is 1. The summed E-state index contributed by atoms with van der Waals surface area (Å²) in [6, 6.07) is 11.1. The minimum atomic E-state index is -0.440. The van der Waals surface area contributed by atoms with E-state index in [-0.39, 0.29) is 5.91 Å². The first-order chi connectivity index (χ1) is 12.4. The Balaban J connectivity index is 1.69. The smallest absolute Gasteiger partial charge is 0.238 e. The summed E-state index contributed by atoms with van der Waals surface area (Å²) in [5.41, 5.74) is 2.01. The number of anilines is 1. The van der Waals surface area contributed by atoms with Crippen molar-refractivity contribution in [1.29, 1.82) is 0 Å². The molecule has 7 nitrogen and oxygen atoms in total. The zero-order valence-electron chi connectivity index (χ0n) is 14.2. The topological polar surface area (TPSA) is 98.7 Å². The number of rotatable bonds is 5. The third-order valence-corrected chi connectivity index (χ3v) is 4.88. The van der Waals surface area contributed by atoms with Crippen molar-refractivity contribution in [1.82, 2.24) is 19.9 Å². The molecule has 134 valence electrons. The third kappa shape index (κ3) is 4.14. The van der Waals surface area contributed by atoms with Gasteiger partial charge in [-0.1, -0.05) is 53.2 Å². The van der Waals surface area contributed by atoms with Crippen molar-refractivity contribution in [3.63, 3.8) is 0 Å². The Kier molecular flexibility index (Phi) is 5.43. The van der Waals surface area contributed by atoms with Crippen LogP contribution in [0.25, 0.3) is 11.4 Å². The number of nitrogen functional groups attached to an aromatic ring is 1. The molecule has 0 fully saturated rings. The first-order valence-corrected chi connectivity index (χ1v) is 9.06. The summed E-state index contributed by atoms with van der Waals surface area (Å²) < 4.78 is 1.39. The van der Waals surface area contributed by atoms with Crippen molar-refractivity contribution in [3.8, 4) is 11.4 Å². The second kappa shape index (κ2) is 7.76. The van der Waals surface area contributed by atoms with Gasteiger partial charge in [0.15, 0.2) is 5.82 Å². The highest BCUT2D eigenvalue weighted by molar-refractivity contribution is 8.00. The lowest BCUT2D eigenvalue weighted by atomic mass is 10.1. The van der Waals surface area contributed by atoms with Crippen molar-refractivity contribution < 1.29 is 4.79 Å². The van der Waals surface area contributed by atoms with Crippen molar-refractivity contribution in [2.24, 2.45) is 0 Å². The van der Waals surface area contributed by atoms with Gasteiger partial charge in [-0.15, -0.1) is 10.2 Å². The zero-order valence-corrected chi connectivity index (χ0v) is 15.8. The first kappa shape index (κ1) is 18.2. The van der Waals surface area contributed by atoms with Crippen LogP contribution in [0, 0.1) is 6.92 Å². The summed E-state index contributed by atoms with van der Waals surface area (Å²) >= 11 is 7.00. The lowest BCUT2D eigenvalue weighted by molar-refractivity contribution is -0.115. The SMILES string of the molecule is Cc1ccc(-c2nnc(S[C@H](C)C(=O)Nc3ccc(Cl)cn3)n2N)cc1. The van der Waals surface area contributed by atoms with Gasteiger partial charge in [-0.25, -0.2) is 9.66 Å². The summed E-state index contributed by atoms with van der Waals surface area (Å²) in [6.07, 6.45) is 1.47. The molecule has 0 aliphatic rings. The number of carbonyl (C=O) groups is 1. The molecule has 0 spiro atoms. The molecule has 9 heteroatoms. The van der Waals surface area contributed by atoms with E-state index in [1.54, 1.807) is 19.1 Å². The van der Waals surface area contributed by atoms with Crippen LogP contribution in [0.1, 0.15) is 12.5 Å². The maximum absolute atomic E-state index is 12.3. The summed E-state index contributed by atoms with van der Waals surface area (Å²) in [7, 11) is 0. The van der Waals surface area contributed by atoms with E-state index in [4.69, 9.17) is 17.4 Å². The van der Waals surface area contributed by atoms with Crippen molar-refractivity contribution in [2.75, 3.05) is 11.2 Å². The van der Waals surface area contributed by atoms with E-state index in [2.05, 4.69) is 20.5 Å². The summed E-state index contributed by atoms with van der Waals surface area (Å²) in [5.74, 6) is 6.86. The molecular formula is C17H17ClN6OS. The Hall–Kier alpha value is -2.58. The molecule has 3 aromatic rings. The number of thioether (sulfide) groups is 1. The fourth-order valence-corrected chi connectivity index (χ4v) is 3.03. The molecule has 1 atom stereocenters. The monoisotopic (exact) mass is 388 g/mol. The molecule has 3 N–H and O–H groups in total. The van der Waals surface area contributed by atoms with Gasteiger partial charge in [0.05, 0.1) is 10.3 Å². The van der Waals surface area contributed by atoms with Gasteiger partial charge in [-0.3, -0.25) is 4.79 Å². The second-order valence-electron chi connectivity index (χ2n) is 5.65. The normalized spacial score (nSPS) is 12.0. The maximum atomic E-state index is 12.3. The number of hydrogen-bond acceptors (Lipinski definition) is 6. The predicted molar refractivity (Wildman–Crippen MR) is 104 cm³/mol. The Morgan fingerprint density at radius 2 is 1.96 bits per heavy atom. The van der Waals surface area contributed by atoms with Gasteiger partial charge in [0.2, 0.25) is 11.1 Å². The van der Waals surface area contributed by atoms with Gasteiger partial charge < -0.3 is 11.2 Å². The molecule has 0 aliphatic heterocycles. The molecular weight excluding hydrogens is 372 g/mol. The van der Waals surface area contributed by atoms with E-state index in [0.29, 0.717) is 21.8 Å². The molecule has 0 aliphatic carbocycles. The fraction of sp³-hybridized carbons (Fsp3) is 0.176. The van der Waals surface area contributed by atoms with Gasteiger partial charge >= 0.3 is 0 Å². The van der Waals surface area contributed by atoms with Gasteiger partial charge in [-0.05, 0) is 26.0 Å². The van der Waals surface area contributed by atoms with Crippen LogP contribution in [-0.4, -0.2) is 31.0 Å². The van der Waals surface area contributed by atoms with E-state index >= 15 is 0 Å². The number of aromatic nitrogens is 4. The summed E-state index contributed by atoms with van der Waals surface area (Å²) in [5, 5.41) is 11.5. The minimum absolute atomic E-state index is 0.218. The van der Waals surface area contributed by atoms with Crippen LogP contribution < -0.4 is 11.2 Å². The lowest BCUT2D eigenvalue weighted by Crippen LogP contribution is -2.24. The highest BCUT2D eigenvalue weighted by Crippen LogP contribution is 2.25. The van der Waals surface area contributed by atoms with E-state index in [9.17, 15) is 4.79 Å². The van der Waals surface area contributed by atoms with Crippen LogP contribution in [0.4, 0.5) is 5.82 Å². The highest BCUT2D eigenvalue weighted by Gasteiger charge is 2.20. The average molecular weight is 389 g/mol. The van der Waals surface area contributed by atoms with E-state index in [0.717, 1.165) is 11.1 Å². The molecule has 2 aromatic heterocycles. The molecule has 0 unspecified atom stereocenters. The standard InChI is InChI=1S/C17H17ClN6OS/c1-10-3-5-12(6-4-10)15-22-23-17(24(15)19)26-11(2)16(25)21-14-8-7-13(18)9-20-14/h3-9,11H,19H2,1-2H3,(H,20,21,25)/t11-/m1/s1. The van der Waals surface area contributed by atoms with Gasteiger partial charge in [0, 0.05) is 11.8 Å². The first-order valence-electron chi connectivity index (χ1n) is 7.80. The predicted octanol–water partition coefficient (Wildman–Crippen LogP) is 3.14. The van der Waals surface area contributed by atoms with Crippen molar-refractivity contribution in [2.45, 2.75) is 24.3 Å². The molecule has 1 amide bonds. The number of nitrogens with two attached hydrogens (primary N) is 1. The molecule has 0 saturated heterocycles. The minimum Gasteiger partial charge on any atom is -0.335 e. The lowest BCUT2D eigenvalue weighted by Gasteiger charge is -2.11. The van der Waals surface area contributed by atoms with Gasteiger partial charge in [0.1, 0.15) is 5.82 Å². The summed E-state index contributed by atoms with van der Waals surface area (Å²) in [6.45, 7) is 3.77. The van der Waals surface area contributed by atoms with Crippen LogP contribution in [0.15, 0.2) is 47.8 Å². The molecule has 3 rings (SSSR count). The fourth-order valence-electron chi connectivity index (χ4n) is 2.15. The second-order valence-corrected chi connectivity index (χ2v) is 7.40. The van der Waals surface area contributed by atoms with Crippen LogP contribution >= 0.6 is 23.4 Å². The van der Waals surface area contributed by atoms with Gasteiger partial charge in [-0.2, -0.15) is 0 Å². The third-order valence-electron chi connectivity index (χ3n) is 3.60. The Morgan fingerprint density at radius 3 is 2.62 bits per heavy atom. The number of nitrogens with one attached hydrogen (secondary N) is 1. The average Bonchev–Trinajstić information content (AvgIpc) is 2.98. The Bertz CT molecular complexity index is 910. The summed E-state index contributed by atoms with van der Waals surface area (Å²) in [4.78, 5) is 16.4. The molecule has 0 radical (unpaired) electrons. The number of benzene rings is 1. The van der Waals surface area contributed by atoms with Crippen LogP contribution in [0.3, 0.4) is 0 Å². The maximum Gasteiger partial charge on any atom is 0.238 e. The van der Waals surface area contributed by atoms with E-state index in [1.165, 1.54) is 22.6 Å². The molecule has 1 aromatic carbocycles. The quantitative estimate of drug-likeness (QED) is 0.514. The Morgan fingerprint density at radius 1 is 1.23 bits per heavy atom. The van der Waals surface area contributed by atoms with Crippen LogP contribution in [0.2, 0.25) is 5.02 Å². The molecule has 26 heavy (non-hydrogen) atoms. The number of halogens is 1. The zero-order chi connectivity index (χ0) is 18.7. The van der Waals surface area contributed by atoms with Crippen molar-refractivity contribution >= 4 is 35.1 Å². The van der Waals surface area contributed by atoms with E-state index in [1.807, 2.05) is 31.2 Å². The number of carbonyl (C=O) groups excluding carboxylic acids is 1. The highest BCUT2D eigenvalue weighted by atomic mass is 35.5.